The Balaban J connectivity index is 1.98. The van der Waals surface area contributed by atoms with Gasteiger partial charge in [0.2, 0.25) is 23.6 Å². The van der Waals surface area contributed by atoms with Gasteiger partial charge in [-0.3, -0.25) is 19.2 Å². The molecule has 0 aromatic heterocycles. The first-order chi connectivity index (χ1) is 19.3. The first-order valence-corrected chi connectivity index (χ1v) is 13.5. The SMILES string of the molecule is COc1ccc(CC2(C(=O)N[C@H](C(N)=O)[C@@H](C)O)CCCN2C(=O)[C@@H]2CCCN2C(=O)[C@@H](NC(=O)O)[C@@H](C)O)cc1. The molecule has 0 saturated carbocycles. The molecule has 2 heterocycles. The third kappa shape index (κ3) is 6.88. The number of nitrogens with two attached hydrogens (primary N) is 1. The van der Waals surface area contributed by atoms with Crippen LogP contribution in [0.1, 0.15) is 45.1 Å². The maximum Gasteiger partial charge on any atom is 0.405 e. The van der Waals surface area contributed by atoms with Crippen LogP contribution in [0, 0.1) is 0 Å². The number of hydrogen-bond donors (Lipinski definition) is 6. The van der Waals surface area contributed by atoms with E-state index in [-0.39, 0.29) is 32.4 Å². The summed E-state index contributed by atoms with van der Waals surface area (Å²) in [7, 11) is 1.52. The van der Waals surface area contributed by atoms with Crippen LogP contribution in [0.3, 0.4) is 0 Å². The third-order valence-electron chi connectivity index (χ3n) is 7.76. The van der Waals surface area contributed by atoms with Crippen molar-refractivity contribution >= 4 is 29.7 Å². The summed E-state index contributed by atoms with van der Waals surface area (Å²) in [6, 6.07) is 3.07. The monoisotopic (exact) mass is 577 g/mol. The second-order valence-electron chi connectivity index (χ2n) is 10.6. The number of likely N-dealkylation sites (tertiary alicyclic amines) is 2. The number of nitrogens with zero attached hydrogens (tertiary/aromatic N) is 2. The summed E-state index contributed by atoms with van der Waals surface area (Å²) in [6.45, 7) is 2.93. The summed E-state index contributed by atoms with van der Waals surface area (Å²) in [5.74, 6) is -2.27. The summed E-state index contributed by atoms with van der Waals surface area (Å²) >= 11 is 0. The number of amides is 5. The number of carbonyl (C=O) groups excluding carboxylic acids is 4. The van der Waals surface area contributed by atoms with E-state index < -0.39 is 65.6 Å². The van der Waals surface area contributed by atoms with E-state index in [0.717, 1.165) is 0 Å². The minimum atomic E-state index is -1.50. The lowest BCUT2D eigenvalue weighted by Gasteiger charge is -2.41. The summed E-state index contributed by atoms with van der Waals surface area (Å²) in [4.78, 5) is 67.3. The molecule has 0 aliphatic carbocycles. The molecule has 2 fully saturated rings. The van der Waals surface area contributed by atoms with E-state index in [9.17, 15) is 34.2 Å². The van der Waals surface area contributed by atoms with Crippen LogP contribution >= 0.6 is 0 Å². The molecule has 5 amide bonds. The van der Waals surface area contributed by atoms with E-state index in [1.165, 1.54) is 30.8 Å². The Labute approximate surface area is 237 Å². The highest BCUT2D eigenvalue weighted by atomic mass is 16.5. The van der Waals surface area contributed by atoms with Crippen molar-refractivity contribution in [3.05, 3.63) is 29.8 Å². The lowest BCUT2D eigenvalue weighted by molar-refractivity contribution is -0.153. The number of rotatable bonds is 11. The molecule has 7 N–H and O–H groups in total. The Morgan fingerprint density at radius 3 is 2.20 bits per heavy atom. The smallest absolute Gasteiger partial charge is 0.405 e. The molecule has 14 heteroatoms. The predicted octanol–water partition coefficient (Wildman–Crippen LogP) is -1.04. The fourth-order valence-electron chi connectivity index (χ4n) is 5.65. The van der Waals surface area contributed by atoms with Crippen molar-refractivity contribution in [2.45, 2.75) is 81.8 Å². The molecule has 0 spiro atoms. The van der Waals surface area contributed by atoms with Crippen LogP contribution in [0.4, 0.5) is 4.79 Å². The first-order valence-electron chi connectivity index (χ1n) is 13.5. The topological polar surface area (TPSA) is 212 Å². The maximum absolute atomic E-state index is 14.1. The molecule has 6 atom stereocenters. The van der Waals surface area contributed by atoms with Crippen LogP contribution in [0.2, 0.25) is 0 Å². The molecular weight excluding hydrogens is 538 g/mol. The molecule has 2 aliphatic rings. The van der Waals surface area contributed by atoms with E-state index in [1.54, 1.807) is 24.3 Å². The Morgan fingerprint density at radius 2 is 1.66 bits per heavy atom. The zero-order valence-electron chi connectivity index (χ0n) is 23.4. The molecule has 1 aromatic rings. The van der Waals surface area contributed by atoms with Crippen LogP contribution in [-0.2, 0) is 25.6 Å². The molecule has 3 rings (SSSR count). The Hall–Kier alpha value is -3.91. The fourth-order valence-corrected chi connectivity index (χ4v) is 5.65. The highest BCUT2D eigenvalue weighted by molar-refractivity contribution is 5.98. The zero-order chi connectivity index (χ0) is 30.5. The average molecular weight is 578 g/mol. The van der Waals surface area contributed by atoms with Crippen molar-refractivity contribution < 1.29 is 44.0 Å². The van der Waals surface area contributed by atoms with Gasteiger partial charge in [0.05, 0.1) is 19.3 Å². The number of aliphatic hydroxyl groups is 2. The van der Waals surface area contributed by atoms with Gasteiger partial charge in [0.15, 0.2) is 0 Å². The molecule has 14 nitrogen and oxygen atoms in total. The van der Waals surface area contributed by atoms with Gasteiger partial charge < -0.3 is 46.2 Å². The lowest BCUT2D eigenvalue weighted by Crippen LogP contribution is -2.65. The minimum absolute atomic E-state index is 0.0669. The largest absolute Gasteiger partial charge is 0.497 e. The molecule has 226 valence electrons. The average Bonchev–Trinajstić information content (AvgIpc) is 3.57. The van der Waals surface area contributed by atoms with Crippen LogP contribution in [0.5, 0.6) is 5.75 Å². The van der Waals surface area contributed by atoms with Gasteiger partial charge in [-0.15, -0.1) is 0 Å². The highest BCUT2D eigenvalue weighted by Crippen LogP contribution is 2.36. The van der Waals surface area contributed by atoms with Gasteiger partial charge in [-0.25, -0.2) is 4.79 Å². The van der Waals surface area contributed by atoms with E-state index >= 15 is 0 Å². The van der Waals surface area contributed by atoms with Gasteiger partial charge >= 0.3 is 6.09 Å². The predicted molar refractivity (Wildman–Crippen MR) is 145 cm³/mol. The summed E-state index contributed by atoms with van der Waals surface area (Å²) in [5.41, 5.74) is 4.65. The highest BCUT2D eigenvalue weighted by Gasteiger charge is 2.53. The molecule has 0 bridgehead atoms. The number of nitrogens with one attached hydrogen (secondary N) is 2. The zero-order valence-corrected chi connectivity index (χ0v) is 23.4. The van der Waals surface area contributed by atoms with Crippen LogP contribution in [0.15, 0.2) is 24.3 Å². The normalized spacial score (nSPS) is 23.3. The molecule has 2 aliphatic heterocycles. The van der Waals surface area contributed by atoms with Crippen molar-refractivity contribution in [1.82, 2.24) is 20.4 Å². The van der Waals surface area contributed by atoms with Gasteiger partial charge in [-0.1, -0.05) is 12.1 Å². The van der Waals surface area contributed by atoms with Gasteiger partial charge in [0.1, 0.15) is 29.4 Å². The number of carboxylic acid groups (broad SMARTS) is 1. The molecule has 1 aromatic carbocycles. The van der Waals surface area contributed by atoms with Crippen LogP contribution in [-0.4, -0.2) is 111 Å². The lowest BCUT2D eigenvalue weighted by atomic mass is 9.86. The molecule has 2 saturated heterocycles. The minimum Gasteiger partial charge on any atom is -0.497 e. The fraction of sp³-hybridized carbons (Fsp3) is 0.593. The summed E-state index contributed by atoms with van der Waals surface area (Å²) < 4.78 is 5.22. The number of benzene rings is 1. The third-order valence-corrected chi connectivity index (χ3v) is 7.76. The van der Waals surface area contributed by atoms with Crippen molar-refractivity contribution in [2.24, 2.45) is 5.73 Å². The van der Waals surface area contributed by atoms with E-state index in [1.807, 2.05) is 5.32 Å². The Morgan fingerprint density at radius 1 is 1.02 bits per heavy atom. The number of carbonyl (C=O) groups is 5. The second-order valence-corrected chi connectivity index (χ2v) is 10.6. The van der Waals surface area contributed by atoms with E-state index in [0.29, 0.717) is 24.2 Å². The molecule has 1 unspecified atom stereocenters. The van der Waals surface area contributed by atoms with Crippen molar-refractivity contribution in [3.63, 3.8) is 0 Å². The summed E-state index contributed by atoms with van der Waals surface area (Å²) in [5, 5.41) is 33.9. The van der Waals surface area contributed by atoms with Gasteiger partial charge in [0, 0.05) is 19.5 Å². The second kappa shape index (κ2) is 13.2. The van der Waals surface area contributed by atoms with E-state index in [4.69, 9.17) is 15.6 Å². The standard InChI is InChI=1S/C27H39N5O9/c1-15(33)20(22(28)35)29-25(38)27(14-17-7-9-18(41-3)10-8-17)11-5-13-32(27)23(36)19-6-4-12-31(19)24(37)21(16(2)34)30-26(39)40/h7-10,15-16,19-21,30,33-34H,4-6,11-14H2,1-3H3,(H2,28,35)(H,29,38)(H,39,40)/t15-,16-,19+,20+,21+,27?/m1/s1. The van der Waals surface area contributed by atoms with Gasteiger partial charge in [0.25, 0.3) is 0 Å². The number of hydrogen-bond acceptors (Lipinski definition) is 8. The molecule has 0 radical (unpaired) electrons. The van der Waals surface area contributed by atoms with E-state index in [2.05, 4.69) is 5.32 Å². The van der Waals surface area contributed by atoms with Gasteiger partial charge in [-0.2, -0.15) is 0 Å². The number of ether oxygens (including phenoxy) is 1. The quantitative estimate of drug-likeness (QED) is 0.189. The van der Waals surface area contributed by atoms with Crippen LogP contribution < -0.4 is 21.1 Å². The first kappa shape index (κ1) is 31.6. The van der Waals surface area contributed by atoms with Crippen LogP contribution in [0.25, 0.3) is 0 Å². The van der Waals surface area contributed by atoms with Gasteiger partial charge in [-0.05, 0) is 57.2 Å². The molecular formula is C27H39N5O9. The molecule has 41 heavy (non-hydrogen) atoms. The number of methoxy groups -OCH3 is 1. The Bertz CT molecular complexity index is 1140. The summed E-state index contributed by atoms with van der Waals surface area (Å²) in [6.07, 6.45) is -2.66. The Kier molecular flexibility index (Phi) is 10.2. The maximum atomic E-state index is 14.1. The number of primary amides is 1. The van der Waals surface area contributed by atoms with Crippen molar-refractivity contribution in [3.8, 4) is 5.75 Å². The van der Waals surface area contributed by atoms with Crippen molar-refractivity contribution in [2.75, 3.05) is 20.2 Å². The number of aliphatic hydroxyl groups excluding tert-OH is 2. The van der Waals surface area contributed by atoms with Crippen molar-refractivity contribution in [1.29, 1.82) is 0 Å².